The number of amides is 2. The van der Waals surface area contributed by atoms with Crippen LogP contribution in [-0.4, -0.2) is 52.8 Å². The molecule has 1 spiro atoms. The summed E-state index contributed by atoms with van der Waals surface area (Å²) >= 11 is 0. The van der Waals surface area contributed by atoms with E-state index in [9.17, 15) is 9.59 Å². The second kappa shape index (κ2) is 7.17. The Morgan fingerprint density at radius 2 is 1.62 bits per heavy atom. The molecule has 0 radical (unpaired) electrons. The summed E-state index contributed by atoms with van der Waals surface area (Å²) in [6.07, 6.45) is 1.98. The van der Waals surface area contributed by atoms with Gasteiger partial charge in [-0.3, -0.25) is 0 Å². The van der Waals surface area contributed by atoms with E-state index >= 15 is 0 Å². The van der Waals surface area contributed by atoms with E-state index in [2.05, 4.69) is 0 Å². The lowest BCUT2D eigenvalue weighted by atomic mass is 9.77. The van der Waals surface area contributed by atoms with Crippen LogP contribution in [0.25, 0.3) is 0 Å². The first kappa shape index (κ1) is 18.5. The topological polar surface area (TPSA) is 59.1 Å². The van der Waals surface area contributed by atoms with Crippen LogP contribution in [0.2, 0.25) is 0 Å². The number of hydrogen-bond acceptors (Lipinski definition) is 4. The van der Waals surface area contributed by atoms with Crippen LogP contribution in [0, 0.1) is 0 Å². The first-order chi connectivity index (χ1) is 12.3. The van der Waals surface area contributed by atoms with Gasteiger partial charge >= 0.3 is 12.2 Å². The van der Waals surface area contributed by atoms with Crippen LogP contribution in [0.1, 0.15) is 45.6 Å². The van der Waals surface area contributed by atoms with E-state index in [0.717, 1.165) is 31.4 Å². The van der Waals surface area contributed by atoms with E-state index in [1.54, 1.807) is 4.90 Å². The molecular weight excluding hydrogens is 332 g/mol. The highest BCUT2D eigenvalue weighted by atomic mass is 16.6. The molecule has 2 aliphatic rings. The zero-order valence-electron chi connectivity index (χ0n) is 15.9. The summed E-state index contributed by atoms with van der Waals surface area (Å²) in [5.74, 6) is 0. The van der Waals surface area contributed by atoms with Crippen molar-refractivity contribution in [3.05, 3.63) is 35.9 Å². The average molecular weight is 360 g/mol. The minimum absolute atomic E-state index is 0.160. The fourth-order valence-electron chi connectivity index (χ4n) is 3.57. The summed E-state index contributed by atoms with van der Waals surface area (Å²) in [4.78, 5) is 28.3. The minimum Gasteiger partial charge on any atom is -0.445 e. The number of carbonyl (C=O) groups is 2. The van der Waals surface area contributed by atoms with E-state index in [1.807, 2.05) is 56.0 Å². The Kier molecular flexibility index (Phi) is 5.12. The largest absolute Gasteiger partial charge is 0.445 e. The molecule has 1 aromatic rings. The molecule has 0 aromatic heterocycles. The molecule has 142 valence electrons. The van der Waals surface area contributed by atoms with Gasteiger partial charge in [0.2, 0.25) is 0 Å². The highest BCUT2D eigenvalue weighted by molar-refractivity contribution is 5.71. The molecule has 2 saturated heterocycles. The standard InChI is InChI=1S/C20H28N2O4/c1-19(2,3)26-17(23)21-12-9-20(10-13-21)11-14-22(20)18(24)25-15-16-7-5-4-6-8-16/h4-8H,9-15H2,1-3H3. The molecule has 2 aliphatic heterocycles. The number of carbonyl (C=O) groups excluding carboxylic acids is 2. The van der Waals surface area contributed by atoms with Crippen molar-refractivity contribution in [3.63, 3.8) is 0 Å². The molecule has 0 saturated carbocycles. The summed E-state index contributed by atoms with van der Waals surface area (Å²) in [5, 5.41) is 0. The van der Waals surface area contributed by atoms with E-state index < -0.39 is 5.60 Å². The Hall–Kier alpha value is -2.24. The zero-order valence-corrected chi connectivity index (χ0v) is 15.9. The van der Waals surface area contributed by atoms with Gasteiger partial charge in [0.15, 0.2) is 0 Å². The molecule has 3 rings (SSSR count). The van der Waals surface area contributed by atoms with Crippen LogP contribution in [0.5, 0.6) is 0 Å². The van der Waals surface area contributed by atoms with Crippen molar-refractivity contribution in [1.82, 2.24) is 9.80 Å². The minimum atomic E-state index is -0.490. The van der Waals surface area contributed by atoms with E-state index in [1.165, 1.54) is 0 Å². The average Bonchev–Trinajstić information content (AvgIpc) is 2.58. The monoisotopic (exact) mass is 360 g/mol. The third-order valence-electron chi connectivity index (χ3n) is 5.14. The van der Waals surface area contributed by atoms with Crippen LogP contribution < -0.4 is 0 Å². The molecular formula is C20H28N2O4. The number of nitrogens with zero attached hydrogens (tertiary/aromatic N) is 2. The van der Waals surface area contributed by atoms with Gasteiger partial charge in [-0.2, -0.15) is 0 Å². The Morgan fingerprint density at radius 3 is 2.15 bits per heavy atom. The molecule has 1 aromatic carbocycles. The molecule has 0 unspecified atom stereocenters. The smallest absolute Gasteiger partial charge is 0.410 e. The second-order valence-electron chi connectivity index (χ2n) is 8.13. The van der Waals surface area contributed by atoms with Gasteiger partial charge < -0.3 is 19.3 Å². The van der Waals surface area contributed by atoms with Gasteiger partial charge in [-0.1, -0.05) is 30.3 Å². The Labute approximate surface area is 155 Å². The lowest BCUT2D eigenvalue weighted by molar-refractivity contribution is -0.0548. The first-order valence-corrected chi connectivity index (χ1v) is 9.25. The normalized spacial score (nSPS) is 19.0. The van der Waals surface area contributed by atoms with Gasteiger partial charge in [0.25, 0.3) is 0 Å². The summed E-state index contributed by atoms with van der Waals surface area (Å²) in [6, 6.07) is 9.69. The first-order valence-electron chi connectivity index (χ1n) is 9.25. The van der Waals surface area contributed by atoms with Gasteiger partial charge in [0.1, 0.15) is 12.2 Å². The predicted octanol–water partition coefficient (Wildman–Crippen LogP) is 3.80. The molecule has 0 aliphatic carbocycles. The van der Waals surface area contributed by atoms with Crippen LogP contribution in [-0.2, 0) is 16.1 Å². The van der Waals surface area contributed by atoms with Gasteiger partial charge in [0, 0.05) is 19.6 Å². The molecule has 2 heterocycles. The van der Waals surface area contributed by atoms with Crippen molar-refractivity contribution in [2.45, 2.75) is 57.8 Å². The lowest BCUT2D eigenvalue weighted by Crippen LogP contribution is -2.66. The fourth-order valence-corrected chi connectivity index (χ4v) is 3.57. The van der Waals surface area contributed by atoms with Crippen molar-refractivity contribution in [2.24, 2.45) is 0 Å². The van der Waals surface area contributed by atoms with Crippen molar-refractivity contribution < 1.29 is 19.1 Å². The van der Waals surface area contributed by atoms with Gasteiger partial charge in [-0.05, 0) is 45.6 Å². The number of benzene rings is 1. The van der Waals surface area contributed by atoms with E-state index in [-0.39, 0.29) is 24.3 Å². The Bertz CT molecular complexity index is 646. The number of ether oxygens (including phenoxy) is 2. The molecule has 2 amide bonds. The molecule has 6 nitrogen and oxygen atoms in total. The Balaban J connectivity index is 1.51. The maximum atomic E-state index is 12.5. The molecule has 0 N–H and O–H groups in total. The summed E-state index contributed by atoms with van der Waals surface area (Å²) in [6.45, 7) is 7.83. The zero-order chi connectivity index (χ0) is 18.8. The number of hydrogen-bond donors (Lipinski definition) is 0. The summed E-state index contributed by atoms with van der Waals surface area (Å²) in [5.41, 5.74) is 0.331. The predicted molar refractivity (Wildman–Crippen MR) is 97.7 cm³/mol. The second-order valence-corrected chi connectivity index (χ2v) is 8.13. The maximum absolute atomic E-state index is 12.5. The van der Waals surface area contributed by atoms with Crippen molar-refractivity contribution in [3.8, 4) is 0 Å². The van der Waals surface area contributed by atoms with Gasteiger partial charge in [-0.25, -0.2) is 9.59 Å². The van der Waals surface area contributed by atoms with E-state index in [4.69, 9.17) is 9.47 Å². The van der Waals surface area contributed by atoms with Crippen molar-refractivity contribution in [1.29, 1.82) is 0 Å². The highest BCUT2D eigenvalue weighted by Crippen LogP contribution is 2.40. The third-order valence-corrected chi connectivity index (χ3v) is 5.14. The van der Waals surface area contributed by atoms with Gasteiger partial charge in [0.05, 0.1) is 5.54 Å². The number of likely N-dealkylation sites (tertiary alicyclic amines) is 2. The van der Waals surface area contributed by atoms with Gasteiger partial charge in [-0.15, -0.1) is 0 Å². The molecule has 6 heteroatoms. The van der Waals surface area contributed by atoms with Crippen LogP contribution >= 0.6 is 0 Å². The summed E-state index contributed by atoms with van der Waals surface area (Å²) in [7, 11) is 0. The SMILES string of the molecule is CC(C)(C)OC(=O)N1CCC2(CC1)CCN2C(=O)OCc1ccccc1. The highest BCUT2D eigenvalue weighted by Gasteiger charge is 2.50. The quantitative estimate of drug-likeness (QED) is 0.805. The molecule has 0 atom stereocenters. The van der Waals surface area contributed by atoms with Crippen molar-refractivity contribution >= 4 is 12.2 Å². The third kappa shape index (κ3) is 4.11. The molecule has 26 heavy (non-hydrogen) atoms. The summed E-state index contributed by atoms with van der Waals surface area (Å²) < 4.78 is 10.9. The van der Waals surface area contributed by atoms with Crippen LogP contribution in [0.4, 0.5) is 9.59 Å². The Morgan fingerprint density at radius 1 is 1.00 bits per heavy atom. The van der Waals surface area contributed by atoms with E-state index in [0.29, 0.717) is 13.1 Å². The lowest BCUT2D eigenvalue weighted by Gasteiger charge is -2.55. The number of piperidine rings is 1. The molecule has 0 bridgehead atoms. The fraction of sp³-hybridized carbons (Fsp3) is 0.600. The maximum Gasteiger partial charge on any atom is 0.410 e. The van der Waals surface area contributed by atoms with Crippen LogP contribution in [0.3, 0.4) is 0 Å². The molecule has 2 fully saturated rings. The number of rotatable bonds is 2. The van der Waals surface area contributed by atoms with Crippen LogP contribution in [0.15, 0.2) is 30.3 Å². The van der Waals surface area contributed by atoms with Crippen molar-refractivity contribution in [2.75, 3.05) is 19.6 Å².